The number of aromatic nitrogens is 3. The van der Waals surface area contributed by atoms with Crippen molar-refractivity contribution in [3.05, 3.63) is 35.7 Å². The second-order valence-corrected chi connectivity index (χ2v) is 10.1. The van der Waals surface area contributed by atoms with Crippen molar-refractivity contribution in [1.82, 2.24) is 14.8 Å². The lowest BCUT2D eigenvalue weighted by atomic mass is 9.50. The van der Waals surface area contributed by atoms with Crippen molar-refractivity contribution in [2.45, 2.75) is 70.1 Å². The number of carbonyl (C=O) groups excluding carboxylic acids is 1. The van der Waals surface area contributed by atoms with Crippen molar-refractivity contribution < 1.29 is 9.53 Å². The van der Waals surface area contributed by atoms with Gasteiger partial charge in [0.25, 0.3) is 0 Å². The van der Waals surface area contributed by atoms with Gasteiger partial charge in [-0.3, -0.25) is 5.32 Å². The minimum atomic E-state index is -0.531. The van der Waals surface area contributed by atoms with E-state index in [0.717, 1.165) is 30.8 Å². The summed E-state index contributed by atoms with van der Waals surface area (Å²) in [4.78, 5) is 12.2. The Morgan fingerprint density at radius 1 is 1.29 bits per heavy atom. The first kappa shape index (κ1) is 20.7. The average molecular weight is 403 g/mol. The highest BCUT2D eigenvalue weighted by Gasteiger charge is 2.50. The molecule has 0 unspecified atom stereocenters. The molecule has 0 radical (unpaired) electrons. The van der Waals surface area contributed by atoms with Gasteiger partial charge in [-0.15, -0.1) is 22.8 Å². The van der Waals surface area contributed by atoms with Gasteiger partial charge >= 0.3 is 6.09 Å². The van der Waals surface area contributed by atoms with Crippen LogP contribution in [0.1, 0.15) is 58.8 Å². The van der Waals surface area contributed by atoms with Crippen molar-refractivity contribution in [3.63, 3.8) is 0 Å². The summed E-state index contributed by atoms with van der Waals surface area (Å²) in [6, 6.07) is 8.06. The summed E-state index contributed by atoms with van der Waals surface area (Å²) >= 11 is 4.35. The normalized spacial score (nSPS) is 17.7. The number of anilines is 1. The second kappa shape index (κ2) is 7.10. The largest absolute Gasteiger partial charge is 0.444 e. The number of ether oxygens (including phenoxy) is 1. The first-order chi connectivity index (χ1) is 12.9. The molecule has 1 heterocycles. The quantitative estimate of drug-likeness (QED) is 0.724. The van der Waals surface area contributed by atoms with E-state index in [1.165, 1.54) is 5.56 Å². The maximum atomic E-state index is 12.2. The number of benzene rings is 1. The molecule has 7 heteroatoms. The van der Waals surface area contributed by atoms with E-state index in [9.17, 15) is 4.79 Å². The standard InChI is InChI=1S/C21H30N4O2S/c1-19(2,3)27-18(26)22-15-9-7-8-14(10-15)21(12-20(4,5)13-21)11-16-23-24-17(28)25(16)6/h7-10H,11-13H2,1-6H3,(H,22,26)(H,24,28). The molecule has 2 aromatic rings. The maximum absolute atomic E-state index is 12.2. The van der Waals surface area contributed by atoms with E-state index in [-0.39, 0.29) is 10.8 Å². The summed E-state index contributed by atoms with van der Waals surface area (Å²) in [7, 11) is 1.94. The number of thiol groups is 1. The fourth-order valence-electron chi connectivity index (χ4n) is 4.37. The number of amides is 1. The molecule has 1 N–H and O–H groups in total. The molecule has 0 bridgehead atoms. The van der Waals surface area contributed by atoms with E-state index < -0.39 is 11.7 Å². The van der Waals surface area contributed by atoms with Crippen molar-refractivity contribution in [2.24, 2.45) is 12.5 Å². The Hall–Kier alpha value is -2.02. The molecule has 1 aromatic heterocycles. The molecule has 0 spiro atoms. The second-order valence-electron chi connectivity index (χ2n) is 9.66. The Kier molecular flexibility index (Phi) is 5.25. The molecule has 1 aliphatic carbocycles. The molecule has 1 aliphatic rings. The highest BCUT2D eigenvalue weighted by molar-refractivity contribution is 7.80. The number of carbonyl (C=O) groups is 1. The van der Waals surface area contributed by atoms with Crippen LogP contribution in [0.4, 0.5) is 10.5 Å². The van der Waals surface area contributed by atoms with Crippen LogP contribution in [0.15, 0.2) is 29.4 Å². The Labute approximate surface area is 172 Å². The number of nitrogens with one attached hydrogen (secondary N) is 1. The van der Waals surface area contributed by atoms with Gasteiger partial charge < -0.3 is 9.30 Å². The van der Waals surface area contributed by atoms with Crippen LogP contribution in [0.5, 0.6) is 0 Å². The van der Waals surface area contributed by atoms with Crippen LogP contribution in [0.3, 0.4) is 0 Å². The Bertz CT molecular complexity index is 875. The third kappa shape index (κ3) is 4.51. The van der Waals surface area contributed by atoms with E-state index in [4.69, 9.17) is 4.74 Å². The molecule has 0 aliphatic heterocycles. The van der Waals surface area contributed by atoms with Crippen molar-refractivity contribution in [1.29, 1.82) is 0 Å². The molecule has 3 rings (SSSR count). The summed E-state index contributed by atoms with van der Waals surface area (Å²) in [5.74, 6) is 0.922. The van der Waals surface area contributed by atoms with Gasteiger partial charge in [-0.25, -0.2) is 4.79 Å². The first-order valence-electron chi connectivity index (χ1n) is 9.57. The first-order valence-corrected chi connectivity index (χ1v) is 10.0. The molecule has 1 amide bonds. The highest BCUT2D eigenvalue weighted by Crippen LogP contribution is 2.57. The van der Waals surface area contributed by atoms with Crippen LogP contribution in [0.25, 0.3) is 0 Å². The summed E-state index contributed by atoms with van der Waals surface area (Å²) in [6.07, 6.45) is 2.44. The van der Waals surface area contributed by atoms with Gasteiger partial charge in [0.2, 0.25) is 0 Å². The van der Waals surface area contributed by atoms with E-state index in [1.54, 1.807) is 0 Å². The van der Waals surface area contributed by atoms with E-state index in [0.29, 0.717) is 5.16 Å². The van der Waals surface area contributed by atoms with Crippen LogP contribution >= 0.6 is 12.6 Å². The van der Waals surface area contributed by atoms with Crippen LogP contribution in [-0.2, 0) is 23.6 Å². The molecule has 6 nitrogen and oxygen atoms in total. The molecule has 0 saturated heterocycles. The van der Waals surface area contributed by atoms with Gasteiger partial charge in [0.1, 0.15) is 11.4 Å². The molecule has 28 heavy (non-hydrogen) atoms. The number of rotatable bonds is 4. The smallest absolute Gasteiger partial charge is 0.412 e. The fourth-order valence-corrected chi connectivity index (χ4v) is 4.53. The Morgan fingerprint density at radius 3 is 2.50 bits per heavy atom. The molecule has 1 aromatic carbocycles. The monoisotopic (exact) mass is 402 g/mol. The zero-order valence-electron chi connectivity index (χ0n) is 17.5. The molecule has 1 saturated carbocycles. The number of nitrogens with zero attached hydrogens (tertiary/aromatic N) is 3. The van der Waals surface area contributed by atoms with Crippen LogP contribution in [0, 0.1) is 5.41 Å². The van der Waals surface area contributed by atoms with E-state index in [1.807, 2.05) is 44.5 Å². The van der Waals surface area contributed by atoms with Gasteiger partial charge in [0, 0.05) is 24.6 Å². The molecule has 0 atom stereocenters. The zero-order valence-corrected chi connectivity index (χ0v) is 18.4. The van der Waals surface area contributed by atoms with Gasteiger partial charge in [0.05, 0.1) is 0 Å². The lowest BCUT2D eigenvalue weighted by Crippen LogP contribution is -2.48. The summed E-state index contributed by atoms with van der Waals surface area (Å²) in [5, 5.41) is 11.9. The topological polar surface area (TPSA) is 69.0 Å². The van der Waals surface area contributed by atoms with Crippen molar-refractivity contribution >= 4 is 24.4 Å². The third-order valence-corrected chi connectivity index (χ3v) is 5.58. The lowest BCUT2D eigenvalue weighted by Gasteiger charge is -2.54. The van der Waals surface area contributed by atoms with E-state index >= 15 is 0 Å². The minimum Gasteiger partial charge on any atom is -0.444 e. The summed E-state index contributed by atoms with van der Waals surface area (Å²) in [6.45, 7) is 10.1. The zero-order chi connectivity index (χ0) is 20.7. The molecular formula is C21H30N4O2S. The van der Waals surface area contributed by atoms with Crippen molar-refractivity contribution in [2.75, 3.05) is 5.32 Å². The SMILES string of the molecule is Cn1c(S)nnc1CC1(c2cccc(NC(=O)OC(C)(C)C)c2)CC(C)(C)C1. The lowest BCUT2D eigenvalue weighted by molar-refractivity contribution is 0.0543. The van der Waals surface area contributed by atoms with Crippen molar-refractivity contribution in [3.8, 4) is 0 Å². The van der Waals surface area contributed by atoms with Crippen LogP contribution < -0.4 is 5.32 Å². The van der Waals surface area contributed by atoms with Crippen LogP contribution in [0.2, 0.25) is 0 Å². The van der Waals surface area contributed by atoms with Gasteiger partial charge in [-0.1, -0.05) is 26.0 Å². The molecule has 1 fully saturated rings. The third-order valence-electron chi connectivity index (χ3n) is 5.19. The van der Waals surface area contributed by atoms with Gasteiger partial charge in [-0.05, 0) is 56.7 Å². The average Bonchev–Trinajstić information content (AvgIpc) is 2.83. The van der Waals surface area contributed by atoms with Gasteiger partial charge in [-0.2, -0.15) is 0 Å². The Balaban J connectivity index is 1.85. The van der Waals surface area contributed by atoms with Gasteiger partial charge in [0.15, 0.2) is 5.16 Å². The number of hydrogen-bond donors (Lipinski definition) is 2. The summed E-state index contributed by atoms with van der Waals surface area (Å²) < 4.78 is 7.30. The summed E-state index contributed by atoms with van der Waals surface area (Å²) in [5.41, 5.74) is 1.65. The van der Waals surface area contributed by atoms with E-state index in [2.05, 4.69) is 54.1 Å². The van der Waals surface area contributed by atoms with Crippen LogP contribution in [-0.4, -0.2) is 26.5 Å². The molecular weight excluding hydrogens is 372 g/mol. The predicted molar refractivity (Wildman–Crippen MR) is 113 cm³/mol. The predicted octanol–water partition coefficient (Wildman–Crippen LogP) is 4.75. The number of hydrogen-bond acceptors (Lipinski definition) is 5. The Morgan fingerprint density at radius 2 is 1.96 bits per heavy atom. The highest BCUT2D eigenvalue weighted by atomic mass is 32.1. The molecule has 152 valence electrons. The minimum absolute atomic E-state index is 0.0316. The maximum Gasteiger partial charge on any atom is 0.412 e. The fraction of sp³-hybridized carbons (Fsp3) is 0.571.